The SMILES string of the molecule is CN=C(NCCc1sc(C)nc1C)NC1CCN(CC2CCCC2)C1.I. The summed E-state index contributed by atoms with van der Waals surface area (Å²) in [5, 5.41) is 8.24. The number of hydrogen-bond acceptors (Lipinski definition) is 4. The molecular formula is C19H34IN5S. The largest absolute Gasteiger partial charge is 0.356 e. The normalized spacial score (nSPS) is 21.8. The second-order valence-corrected chi connectivity index (χ2v) is 8.82. The minimum atomic E-state index is 0. The molecule has 1 aromatic heterocycles. The molecule has 2 N–H and O–H groups in total. The second-order valence-electron chi connectivity index (χ2n) is 7.53. The lowest BCUT2D eigenvalue weighted by atomic mass is 10.1. The first kappa shape index (κ1) is 21.9. The Labute approximate surface area is 179 Å². The van der Waals surface area contributed by atoms with Gasteiger partial charge in [0, 0.05) is 50.6 Å². The fourth-order valence-corrected chi connectivity index (χ4v) is 5.10. The van der Waals surface area contributed by atoms with Crippen LogP contribution < -0.4 is 10.6 Å². The Morgan fingerprint density at radius 1 is 1.27 bits per heavy atom. The molecule has 1 saturated carbocycles. The van der Waals surface area contributed by atoms with E-state index in [1.807, 2.05) is 7.05 Å². The van der Waals surface area contributed by atoms with Gasteiger partial charge in [-0.05, 0) is 39.0 Å². The monoisotopic (exact) mass is 491 g/mol. The van der Waals surface area contributed by atoms with Crippen molar-refractivity contribution >= 4 is 41.3 Å². The van der Waals surface area contributed by atoms with E-state index in [4.69, 9.17) is 0 Å². The maximum Gasteiger partial charge on any atom is 0.191 e. The van der Waals surface area contributed by atoms with E-state index in [2.05, 4.69) is 39.4 Å². The number of aryl methyl sites for hydroxylation is 2. The summed E-state index contributed by atoms with van der Waals surface area (Å²) in [6.07, 6.45) is 7.99. The van der Waals surface area contributed by atoms with Crippen LogP contribution >= 0.6 is 35.3 Å². The first-order valence-corrected chi connectivity index (χ1v) is 10.6. The van der Waals surface area contributed by atoms with Crippen molar-refractivity contribution in [3.05, 3.63) is 15.6 Å². The molecule has 0 radical (unpaired) electrons. The van der Waals surface area contributed by atoms with Gasteiger partial charge in [0.2, 0.25) is 0 Å². The van der Waals surface area contributed by atoms with Crippen molar-refractivity contribution in [3.8, 4) is 0 Å². The molecule has 2 fully saturated rings. The van der Waals surface area contributed by atoms with E-state index < -0.39 is 0 Å². The molecule has 0 bridgehead atoms. The van der Waals surface area contributed by atoms with Gasteiger partial charge < -0.3 is 15.5 Å². The molecule has 1 atom stereocenters. The zero-order valence-corrected chi connectivity index (χ0v) is 19.5. The predicted octanol–water partition coefficient (Wildman–Crippen LogP) is 3.35. The van der Waals surface area contributed by atoms with Crippen molar-refractivity contribution in [1.82, 2.24) is 20.5 Å². The third-order valence-corrected chi connectivity index (χ3v) is 6.60. The number of thiazole rings is 1. The molecular weight excluding hydrogens is 457 g/mol. The van der Waals surface area contributed by atoms with Gasteiger partial charge in [0.1, 0.15) is 0 Å². The maximum atomic E-state index is 4.50. The van der Waals surface area contributed by atoms with Crippen LogP contribution in [-0.2, 0) is 6.42 Å². The van der Waals surface area contributed by atoms with Crippen LogP contribution in [0.1, 0.15) is 47.7 Å². The number of aliphatic imine (C=N–C) groups is 1. The van der Waals surface area contributed by atoms with E-state index in [1.165, 1.54) is 55.8 Å². The molecule has 0 spiro atoms. The molecule has 2 heterocycles. The van der Waals surface area contributed by atoms with E-state index in [1.54, 1.807) is 11.3 Å². The third kappa shape index (κ3) is 6.34. The topological polar surface area (TPSA) is 52.6 Å². The Morgan fingerprint density at radius 3 is 2.69 bits per heavy atom. The lowest BCUT2D eigenvalue weighted by Crippen LogP contribution is -2.45. The van der Waals surface area contributed by atoms with E-state index in [-0.39, 0.29) is 24.0 Å². The number of guanidine groups is 1. The number of rotatable bonds is 6. The van der Waals surface area contributed by atoms with Gasteiger partial charge in [0.15, 0.2) is 5.96 Å². The predicted molar refractivity (Wildman–Crippen MR) is 122 cm³/mol. The molecule has 148 valence electrons. The van der Waals surface area contributed by atoms with E-state index in [9.17, 15) is 0 Å². The Kier molecular flexibility index (Phi) is 9.09. The van der Waals surface area contributed by atoms with Gasteiger partial charge in [-0.1, -0.05) is 12.8 Å². The molecule has 2 aliphatic rings. The van der Waals surface area contributed by atoms with Crippen molar-refractivity contribution < 1.29 is 0 Å². The van der Waals surface area contributed by atoms with Gasteiger partial charge in [-0.3, -0.25) is 4.99 Å². The molecule has 0 amide bonds. The number of nitrogens with one attached hydrogen (secondary N) is 2. The van der Waals surface area contributed by atoms with Crippen LogP contribution in [0.4, 0.5) is 0 Å². The molecule has 26 heavy (non-hydrogen) atoms. The van der Waals surface area contributed by atoms with Gasteiger partial charge >= 0.3 is 0 Å². The number of halogens is 1. The van der Waals surface area contributed by atoms with Crippen molar-refractivity contribution in [2.24, 2.45) is 10.9 Å². The lowest BCUT2D eigenvalue weighted by Gasteiger charge is -2.21. The summed E-state index contributed by atoms with van der Waals surface area (Å²) in [6.45, 7) is 8.76. The summed E-state index contributed by atoms with van der Waals surface area (Å²) < 4.78 is 0. The molecule has 1 saturated heterocycles. The smallest absolute Gasteiger partial charge is 0.191 e. The van der Waals surface area contributed by atoms with Gasteiger partial charge in [-0.15, -0.1) is 35.3 Å². The quantitative estimate of drug-likeness (QED) is 0.364. The summed E-state index contributed by atoms with van der Waals surface area (Å²) in [6, 6.07) is 0.528. The van der Waals surface area contributed by atoms with Crippen LogP contribution in [0.15, 0.2) is 4.99 Å². The minimum Gasteiger partial charge on any atom is -0.356 e. The maximum absolute atomic E-state index is 4.50. The van der Waals surface area contributed by atoms with Crippen LogP contribution in [0.2, 0.25) is 0 Å². The van der Waals surface area contributed by atoms with Gasteiger partial charge in [-0.2, -0.15) is 0 Å². The van der Waals surface area contributed by atoms with Gasteiger partial charge in [-0.25, -0.2) is 4.98 Å². The average molecular weight is 491 g/mol. The molecule has 1 aliphatic heterocycles. The van der Waals surface area contributed by atoms with Crippen molar-refractivity contribution in [3.63, 3.8) is 0 Å². The summed E-state index contributed by atoms with van der Waals surface area (Å²) in [4.78, 5) is 12.9. The number of nitrogens with zero attached hydrogens (tertiary/aromatic N) is 3. The van der Waals surface area contributed by atoms with Crippen LogP contribution in [-0.4, -0.2) is 55.1 Å². The first-order valence-electron chi connectivity index (χ1n) is 9.76. The molecule has 7 heteroatoms. The zero-order chi connectivity index (χ0) is 17.6. The van der Waals surface area contributed by atoms with Gasteiger partial charge in [0.05, 0.1) is 10.7 Å². The number of aromatic nitrogens is 1. The zero-order valence-electron chi connectivity index (χ0n) is 16.4. The highest BCUT2D eigenvalue weighted by molar-refractivity contribution is 14.0. The highest BCUT2D eigenvalue weighted by atomic mass is 127. The number of likely N-dealkylation sites (tertiary alicyclic amines) is 1. The highest BCUT2D eigenvalue weighted by Crippen LogP contribution is 2.26. The van der Waals surface area contributed by atoms with E-state index >= 15 is 0 Å². The summed E-state index contributed by atoms with van der Waals surface area (Å²) in [5.74, 6) is 1.88. The highest BCUT2D eigenvalue weighted by Gasteiger charge is 2.26. The standard InChI is InChI=1S/C19H33N5S.HI/c1-14-18(25-15(2)22-14)8-10-21-19(20-3)23-17-9-11-24(13-17)12-16-6-4-5-7-16;/h16-17H,4-13H2,1-3H3,(H2,20,21,23);1H. The Hall–Kier alpha value is -0.410. The van der Waals surface area contributed by atoms with E-state index in [0.717, 1.165) is 36.4 Å². The second kappa shape index (κ2) is 10.8. The molecule has 0 aromatic carbocycles. The average Bonchev–Trinajstić information content (AvgIpc) is 3.30. The van der Waals surface area contributed by atoms with E-state index in [0.29, 0.717) is 6.04 Å². The molecule has 1 unspecified atom stereocenters. The fraction of sp³-hybridized carbons (Fsp3) is 0.789. The molecule has 1 aliphatic carbocycles. The lowest BCUT2D eigenvalue weighted by molar-refractivity contribution is 0.275. The summed E-state index contributed by atoms with van der Waals surface area (Å²) in [5.41, 5.74) is 1.17. The minimum absolute atomic E-state index is 0. The Bertz CT molecular complexity index is 582. The summed E-state index contributed by atoms with van der Waals surface area (Å²) in [7, 11) is 1.86. The first-order chi connectivity index (χ1) is 12.1. The van der Waals surface area contributed by atoms with Crippen molar-refractivity contribution in [2.75, 3.05) is 33.2 Å². The molecule has 3 rings (SSSR count). The third-order valence-electron chi connectivity index (χ3n) is 5.47. The Morgan fingerprint density at radius 2 is 2.04 bits per heavy atom. The van der Waals surface area contributed by atoms with Crippen LogP contribution in [0.5, 0.6) is 0 Å². The van der Waals surface area contributed by atoms with Crippen LogP contribution in [0, 0.1) is 19.8 Å². The molecule has 1 aromatic rings. The fourth-order valence-electron chi connectivity index (χ4n) is 4.16. The van der Waals surface area contributed by atoms with Gasteiger partial charge in [0.25, 0.3) is 0 Å². The van der Waals surface area contributed by atoms with Crippen LogP contribution in [0.3, 0.4) is 0 Å². The van der Waals surface area contributed by atoms with Crippen molar-refractivity contribution in [1.29, 1.82) is 0 Å². The summed E-state index contributed by atoms with van der Waals surface area (Å²) >= 11 is 1.80. The van der Waals surface area contributed by atoms with Crippen molar-refractivity contribution in [2.45, 2.75) is 58.4 Å². The molecule has 5 nitrogen and oxygen atoms in total. The number of hydrogen-bond donors (Lipinski definition) is 2. The van der Waals surface area contributed by atoms with Crippen LogP contribution in [0.25, 0.3) is 0 Å². The Balaban J connectivity index is 0.00000243.